The Morgan fingerprint density at radius 2 is 1.83 bits per heavy atom. The predicted octanol–water partition coefficient (Wildman–Crippen LogP) is 3.71. The molecule has 5 heteroatoms. The molecule has 2 aromatic rings. The highest BCUT2D eigenvalue weighted by atomic mass is 19.1. The summed E-state index contributed by atoms with van der Waals surface area (Å²) in [6.45, 7) is 0.789. The second-order valence-corrected chi connectivity index (χ2v) is 5.47. The molecule has 1 aliphatic rings. The zero-order chi connectivity index (χ0) is 16.2. The number of hydrogen-bond donors (Lipinski definition) is 0. The lowest BCUT2D eigenvalue weighted by atomic mass is 10.0. The Morgan fingerprint density at radius 3 is 2.61 bits per heavy atom. The van der Waals surface area contributed by atoms with Gasteiger partial charge in [-0.15, -0.1) is 0 Å². The van der Waals surface area contributed by atoms with Gasteiger partial charge in [-0.3, -0.25) is 4.79 Å². The molecule has 23 heavy (non-hydrogen) atoms. The minimum absolute atomic E-state index is 0.0985. The molecule has 0 spiro atoms. The van der Waals surface area contributed by atoms with Crippen molar-refractivity contribution in [2.45, 2.75) is 19.3 Å². The van der Waals surface area contributed by atoms with Gasteiger partial charge in [0.25, 0.3) is 0 Å². The molecule has 0 radical (unpaired) electrons. The number of rotatable bonds is 4. The Labute approximate surface area is 133 Å². The average Bonchev–Trinajstić information content (AvgIpc) is 2.56. The van der Waals surface area contributed by atoms with Crippen molar-refractivity contribution in [3.63, 3.8) is 0 Å². The SMILES string of the molecule is O=C(CCOc1ccc(F)cc1)N1CCCc2ccc(F)cc21. The molecule has 0 fully saturated rings. The van der Waals surface area contributed by atoms with Gasteiger partial charge >= 0.3 is 0 Å². The maximum atomic E-state index is 13.4. The van der Waals surface area contributed by atoms with Crippen molar-refractivity contribution in [1.82, 2.24) is 0 Å². The molecule has 2 aromatic carbocycles. The number of ether oxygens (including phenoxy) is 1. The minimum atomic E-state index is -0.342. The first-order chi connectivity index (χ1) is 11.1. The molecule has 120 valence electrons. The van der Waals surface area contributed by atoms with Gasteiger partial charge in [-0.2, -0.15) is 0 Å². The molecule has 0 bridgehead atoms. The fourth-order valence-electron chi connectivity index (χ4n) is 2.73. The summed E-state index contributed by atoms with van der Waals surface area (Å²) in [6.07, 6.45) is 1.90. The molecule has 0 saturated heterocycles. The fourth-order valence-corrected chi connectivity index (χ4v) is 2.73. The van der Waals surface area contributed by atoms with Crippen LogP contribution in [0, 0.1) is 11.6 Å². The van der Waals surface area contributed by atoms with E-state index in [-0.39, 0.29) is 30.6 Å². The first-order valence-corrected chi connectivity index (χ1v) is 7.60. The zero-order valence-electron chi connectivity index (χ0n) is 12.6. The summed E-state index contributed by atoms with van der Waals surface area (Å²) < 4.78 is 31.7. The summed E-state index contributed by atoms with van der Waals surface area (Å²) >= 11 is 0. The van der Waals surface area contributed by atoms with E-state index in [4.69, 9.17) is 4.74 Å². The third-order valence-corrected chi connectivity index (χ3v) is 3.87. The van der Waals surface area contributed by atoms with E-state index in [0.717, 1.165) is 18.4 Å². The number of benzene rings is 2. The van der Waals surface area contributed by atoms with Crippen molar-refractivity contribution in [2.75, 3.05) is 18.1 Å². The summed E-state index contributed by atoms with van der Waals surface area (Å²) in [6, 6.07) is 10.2. The van der Waals surface area contributed by atoms with Gasteiger partial charge in [-0.1, -0.05) is 6.07 Å². The molecule has 0 unspecified atom stereocenters. The third-order valence-electron chi connectivity index (χ3n) is 3.87. The second-order valence-electron chi connectivity index (χ2n) is 5.47. The number of carbonyl (C=O) groups is 1. The van der Waals surface area contributed by atoms with Crippen LogP contribution in [0.15, 0.2) is 42.5 Å². The van der Waals surface area contributed by atoms with Crippen LogP contribution in [0.3, 0.4) is 0 Å². The van der Waals surface area contributed by atoms with E-state index in [0.29, 0.717) is 18.0 Å². The standard InChI is InChI=1S/C18H17F2NO2/c19-14-5-7-16(8-6-14)23-11-9-18(22)21-10-1-2-13-3-4-15(20)12-17(13)21/h3-8,12H,1-2,9-11H2. The van der Waals surface area contributed by atoms with E-state index >= 15 is 0 Å². The number of carbonyl (C=O) groups excluding carboxylic acids is 1. The van der Waals surface area contributed by atoms with Gasteiger partial charge < -0.3 is 9.64 Å². The molecule has 0 aliphatic carbocycles. The largest absolute Gasteiger partial charge is 0.493 e. The smallest absolute Gasteiger partial charge is 0.230 e. The monoisotopic (exact) mass is 317 g/mol. The van der Waals surface area contributed by atoms with E-state index in [9.17, 15) is 13.6 Å². The number of amides is 1. The van der Waals surface area contributed by atoms with Crippen LogP contribution < -0.4 is 9.64 Å². The van der Waals surface area contributed by atoms with Crippen LogP contribution in [0.25, 0.3) is 0 Å². The molecule has 3 rings (SSSR count). The normalized spacial score (nSPS) is 13.6. The summed E-state index contributed by atoms with van der Waals surface area (Å²) in [5.74, 6) is -0.255. The van der Waals surface area contributed by atoms with E-state index in [1.807, 2.05) is 0 Å². The van der Waals surface area contributed by atoms with Crippen LogP contribution in [0.5, 0.6) is 5.75 Å². The van der Waals surface area contributed by atoms with Gasteiger partial charge in [-0.25, -0.2) is 8.78 Å². The maximum absolute atomic E-state index is 13.4. The number of anilines is 1. The average molecular weight is 317 g/mol. The maximum Gasteiger partial charge on any atom is 0.230 e. The van der Waals surface area contributed by atoms with Crippen molar-refractivity contribution in [3.05, 3.63) is 59.7 Å². The van der Waals surface area contributed by atoms with Crippen LogP contribution in [0.1, 0.15) is 18.4 Å². The number of nitrogens with zero attached hydrogens (tertiary/aromatic N) is 1. The van der Waals surface area contributed by atoms with Crippen LogP contribution in [-0.4, -0.2) is 19.1 Å². The van der Waals surface area contributed by atoms with Crippen molar-refractivity contribution >= 4 is 11.6 Å². The number of aryl methyl sites for hydroxylation is 1. The van der Waals surface area contributed by atoms with Crippen LogP contribution in [-0.2, 0) is 11.2 Å². The van der Waals surface area contributed by atoms with Crippen molar-refractivity contribution in [2.24, 2.45) is 0 Å². The molecule has 0 saturated carbocycles. The summed E-state index contributed by atoms with van der Waals surface area (Å²) in [4.78, 5) is 14.0. The van der Waals surface area contributed by atoms with Gasteiger partial charge in [-0.05, 0) is 54.8 Å². The Bertz CT molecular complexity index is 701. The van der Waals surface area contributed by atoms with Crippen LogP contribution in [0.4, 0.5) is 14.5 Å². The first kappa shape index (κ1) is 15.5. The second kappa shape index (κ2) is 6.77. The third kappa shape index (κ3) is 3.67. The molecule has 1 amide bonds. The highest BCUT2D eigenvalue weighted by Crippen LogP contribution is 2.28. The Morgan fingerprint density at radius 1 is 1.09 bits per heavy atom. The van der Waals surface area contributed by atoms with E-state index in [2.05, 4.69) is 0 Å². The Kier molecular flexibility index (Phi) is 4.55. The molecular formula is C18H17F2NO2. The van der Waals surface area contributed by atoms with Crippen LogP contribution >= 0.6 is 0 Å². The molecule has 0 aromatic heterocycles. The summed E-state index contributed by atoms with van der Waals surface area (Å²) in [7, 11) is 0. The fraction of sp³-hybridized carbons (Fsp3) is 0.278. The van der Waals surface area contributed by atoms with Gasteiger partial charge in [0.2, 0.25) is 5.91 Å². The molecule has 1 heterocycles. The first-order valence-electron chi connectivity index (χ1n) is 7.60. The van der Waals surface area contributed by atoms with E-state index in [1.54, 1.807) is 11.0 Å². The number of hydrogen-bond acceptors (Lipinski definition) is 2. The summed E-state index contributed by atoms with van der Waals surface area (Å²) in [5, 5.41) is 0. The zero-order valence-corrected chi connectivity index (χ0v) is 12.6. The van der Waals surface area contributed by atoms with Crippen molar-refractivity contribution < 1.29 is 18.3 Å². The lowest BCUT2D eigenvalue weighted by Gasteiger charge is -2.29. The lowest BCUT2D eigenvalue weighted by Crippen LogP contribution is -2.36. The minimum Gasteiger partial charge on any atom is -0.493 e. The van der Waals surface area contributed by atoms with E-state index in [1.165, 1.54) is 36.4 Å². The van der Waals surface area contributed by atoms with Crippen molar-refractivity contribution in [1.29, 1.82) is 0 Å². The topological polar surface area (TPSA) is 29.5 Å². The highest BCUT2D eigenvalue weighted by Gasteiger charge is 2.22. The number of halogens is 2. The lowest BCUT2D eigenvalue weighted by molar-refractivity contribution is -0.119. The number of fused-ring (bicyclic) bond motifs is 1. The van der Waals surface area contributed by atoms with Gasteiger partial charge in [0.15, 0.2) is 0 Å². The van der Waals surface area contributed by atoms with Gasteiger partial charge in [0, 0.05) is 12.2 Å². The summed E-state index contributed by atoms with van der Waals surface area (Å²) in [5.41, 5.74) is 1.65. The molecular weight excluding hydrogens is 300 g/mol. The van der Waals surface area contributed by atoms with Gasteiger partial charge in [0.05, 0.1) is 13.0 Å². The van der Waals surface area contributed by atoms with Crippen molar-refractivity contribution in [3.8, 4) is 5.75 Å². The quantitative estimate of drug-likeness (QED) is 0.860. The molecule has 0 atom stereocenters. The Hall–Kier alpha value is -2.43. The molecule has 0 N–H and O–H groups in total. The highest BCUT2D eigenvalue weighted by molar-refractivity contribution is 5.94. The predicted molar refractivity (Wildman–Crippen MR) is 83.6 cm³/mol. The molecule has 1 aliphatic heterocycles. The Balaban J connectivity index is 1.61. The van der Waals surface area contributed by atoms with Gasteiger partial charge in [0.1, 0.15) is 17.4 Å². The van der Waals surface area contributed by atoms with Crippen LogP contribution in [0.2, 0.25) is 0 Å². The van der Waals surface area contributed by atoms with E-state index < -0.39 is 0 Å². The molecule has 3 nitrogen and oxygen atoms in total.